The molecular weight excluding hydrogens is 408 g/mol. The number of aromatic nitrogens is 3. The fourth-order valence-corrected chi connectivity index (χ4v) is 3.88. The minimum absolute atomic E-state index is 0.110. The number of carbonyl (C=O) groups is 1. The minimum Gasteiger partial charge on any atom is -0.483 e. The summed E-state index contributed by atoms with van der Waals surface area (Å²) < 4.78 is 7.93. The first-order valence-corrected chi connectivity index (χ1v) is 10.7. The predicted octanol–water partition coefficient (Wildman–Crippen LogP) is 5.13. The Morgan fingerprint density at radius 3 is 2.69 bits per heavy atom. The minimum atomic E-state index is -0.259. The van der Waals surface area contributed by atoms with Crippen LogP contribution in [0.4, 0.5) is 5.69 Å². The van der Waals surface area contributed by atoms with E-state index in [-0.39, 0.29) is 17.8 Å². The summed E-state index contributed by atoms with van der Waals surface area (Å²) >= 11 is 7.31. The maximum Gasteiger partial charge on any atom is 0.234 e. The molecule has 0 aliphatic carbocycles. The third-order valence-electron chi connectivity index (χ3n) is 4.28. The first-order valence-electron chi connectivity index (χ1n) is 9.31. The van der Waals surface area contributed by atoms with Crippen LogP contribution in [0.15, 0.2) is 53.7 Å². The highest BCUT2D eigenvalue weighted by Gasteiger charge is 2.19. The second kappa shape index (κ2) is 9.80. The lowest BCUT2D eigenvalue weighted by Crippen LogP contribution is -2.16. The zero-order chi connectivity index (χ0) is 20.8. The number of ether oxygens (including phenoxy) is 1. The van der Waals surface area contributed by atoms with Gasteiger partial charge in [0.05, 0.1) is 5.75 Å². The lowest BCUT2D eigenvalue weighted by atomic mass is 10.2. The number of hydrogen-bond donors (Lipinski definition) is 1. The number of nitrogens with zero attached hydrogens (tertiary/aromatic N) is 3. The van der Waals surface area contributed by atoms with Crippen LogP contribution in [0.2, 0.25) is 5.02 Å². The molecule has 3 aromatic rings. The Balaban J connectivity index is 1.63. The van der Waals surface area contributed by atoms with Gasteiger partial charge in [-0.3, -0.25) is 4.79 Å². The average molecular weight is 431 g/mol. The van der Waals surface area contributed by atoms with Gasteiger partial charge in [0.1, 0.15) is 5.75 Å². The molecule has 0 aliphatic heterocycles. The van der Waals surface area contributed by atoms with Crippen LogP contribution in [-0.2, 0) is 11.3 Å². The van der Waals surface area contributed by atoms with E-state index in [9.17, 15) is 4.79 Å². The van der Waals surface area contributed by atoms with Gasteiger partial charge in [0.15, 0.2) is 17.1 Å². The maximum atomic E-state index is 12.4. The van der Waals surface area contributed by atoms with Crippen LogP contribution in [0.5, 0.6) is 5.75 Å². The Morgan fingerprint density at radius 2 is 2.00 bits per heavy atom. The number of halogens is 1. The molecule has 0 saturated heterocycles. The third-order valence-corrected chi connectivity index (χ3v) is 5.48. The summed E-state index contributed by atoms with van der Waals surface area (Å²) in [7, 11) is 0. The van der Waals surface area contributed by atoms with Crippen molar-refractivity contribution in [2.75, 3.05) is 11.1 Å². The highest BCUT2D eigenvalue weighted by Crippen LogP contribution is 2.25. The van der Waals surface area contributed by atoms with Crippen molar-refractivity contribution < 1.29 is 9.53 Å². The van der Waals surface area contributed by atoms with Gasteiger partial charge in [0.25, 0.3) is 0 Å². The standard InChI is InChI=1S/C21H23ClN4O2S/c1-4-26-20(15(3)28-17-8-6-5-7-9-17)24-25-21(26)29-13-19(27)23-18-11-10-16(22)12-14(18)2/h5-12,15H,4,13H2,1-3H3,(H,23,27)/t15-/m1/s1. The molecular formula is C21H23ClN4O2S. The highest BCUT2D eigenvalue weighted by atomic mass is 35.5. The number of rotatable bonds is 8. The summed E-state index contributed by atoms with van der Waals surface area (Å²) in [6, 6.07) is 15.0. The van der Waals surface area contributed by atoms with Gasteiger partial charge in [-0.1, -0.05) is 41.6 Å². The number of aryl methyl sites for hydroxylation is 1. The van der Waals surface area contributed by atoms with E-state index in [4.69, 9.17) is 16.3 Å². The van der Waals surface area contributed by atoms with Crippen molar-refractivity contribution in [3.8, 4) is 5.75 Å². The Kier molecular flexibility index (Phi) is 7.17. The van der Waals surface area contributed by atoms with Crippen molar-refractivity contribution in [1.82, 2.24) is 14.8 Å². The summed E-state index contributed by atoms with van der Waals surface area (Å²) in [5.41, 5.74) is 1.67. The number of thioether (sulfide) groups is 1. The number of amides is 1. The van der Waals surface area contributed by atoms with Gasteiger partial charge < -0.3 is 14.6 Å². The van der Waals surface area contributed by atoms with Crippen LogP contribution < -0.4 is 10.1 Å². The number of hydrogen-bond acceptors (Lipinski definition) is 5. The van der Waals surface area contributed by atoms with Crippen molar-refractivity contribution in [3.05, 3.63) is 64.9 Å². The van der Waals surface area contributed by atoms with Crippen molar-refractivity contribution in [2.45, 2.75) is 38.6 Å². The van der Waals surface area contributed by atoms with Gasteiger partial charge in [-0.15, -0.1) is 10.2 Å². The van der Waals surface area contributed by atoms with Crippen molar-refractivity contribution in [1.29, 1.82) is 0 Å². The summed E-state index contributed by atoms with van der Waals surface area (Å²) in [6.45, 7) is 6.55. The molecule has 8 heteroatoms. The molecule has 0 radical (unpaired) electrons. The smallest absolute Gasteiger partial charge is 0.234 e. The summed E-state index contributed by atoms with van der Waals surface area (Å²) in [5, 5.41) is 12.8. The summed E-state index contributed by atoms with van der Waals surface area (Å²) in [5.74, 6) is 1.63. The largest absolute Gasteiger partial charge is 0.483 e. The van der Waals surface area contributed by atoms with Crippen LogP contribution in [0.1, 0.15) is 31.3 Å². The van der Waals surface area contributed by atoms with Gasteiger partial charge in [0, 0.05) is 17.3 Å². The van der Waals surface area contributed by atoms with Crippen molar-refractivity contribution in [2.24, 2.45) is 0 Å². The second-order valence-corrected chi connectivity index (χ2v) is 7.83. The first kappa shape index (κ1) is 21.2. The fourth-order valence-electron chi connectivity index (χ4n) is 2.84. The molecule has 0 spiro atoms. The molecule has 0 bridgehead atoms. The summed E-state index contributed by atoms with van der Waals surface area (Å²) in [6.07, 6.45) is -0.259. The van der Waals surface area contributed by atoms with E-state index in [2.05, 4.69) is 15.5 Å². The van der Waals surface area contributed by atoms with Gasteiger partial charge in [-0.2, -0.15) is 0 Å². The molecule has 1 aromatic heterocycles. The molecule has 152 valence electrons. The third kappa shape index (κ3) is 5.52. The number of para-hydroxylation sites is 1. The zero-order valence-electron chi connectivity index (χ0n) is 16.6. The van der Waals surface area contributed by atoms with Crippen LogP contribution in [-0.4, -0.2) is 26.4 Å². The number of benzene rings is 2. The highest BCUT2D eigenvalue weighted by molar-refractivity contribution is 7.99. The van der Waals surface area contributed by atoms with E-state index >= 15 is 0 Å². The van der Waals surface area contributed by atoms with E-state index < -0.39 is 0 Å². The molecule has 3 rings (SSSR count). The second-order valence-electron chi connectivity index (χ2n) is 6.45. The lowest BCUT2D eigenvalue weighted by molar-refractivity contribution is -0.113. The molecule has 1 heterocycles. The Morgan fingerprint density at radius 1 is 1.24 bits per heavy atom. The van der Waals surface area contributed by atoms with E-state index in [0.29, 0.717) is 16.7 Å². The molecule has 0 unspecified atom stereocenters. The molecule has 1 amide bonds. The number of carbonyl (C=O) groups excluding carboxylic acids is 1. The summed E-state index contributed by atoms with van der Waals surface area (Å²) in [4.78, 5) is 12.4. The molecule has 0 fully saturated rings. The molecule has 0 aliphatic rings. The van der Waals surface area contributed by atoms with E-state index in [1.807, 2.05) is 61.7 Å². The molecule has 0 saturated carbocycles. The number of anilines is 1. The van der Waals surface area contributed by atoms with E-state index in [1.54, 1.807) is 12.1 Å². The van der Waals surface area contributed by atoms with Crippen LogP contribution in [0.3, 0.4) is 0 Å². The molecule has 2 aromatic carbocycles. The van der Waals surface area contributed by atoms with Gasteiger partial charge in [-0.25, -0.2) is 0 Å². The normalized spacial score (nSPS) is 11.9. The van der Waals surface area contributed by atoms with Crippen molar-refractivity contribution >= 4 is 35.0 Å². The molecule has 6 nitrogen and oxygen atoms in total. The van der Waals surface area contributed by atoms with Crippen molar-refractivity contribution in [3.63, 3.8) is 0 Å². The van der Waals surface area contributed by atoms with Crippen LogP contribution >= 0.6 is 23.4 Å². The van der Waals surface area contributed by atoms with Gasteiger partial charge in [0.2, 0.25) is 5.91 Å². The quantitative estimate of drug-likeness (QED) is 0.501. The Hall–Kier alpha value is -2.51. The topological polar surface area (TPSA) is 69.0 Å². The number of nitrogens with one attached hydrogen (secondary N) is 1. The van der Waals surface area contributed by atoms with Crippen LogP contribution in [0.25, 0.3) is 0 Å². The predicted molar refractivity (Wildman–Crippen MR) is 117 cm³/mol. The van der Waals surface area contributed by atoms with Crippen LogP contribution in [0, 0.1) is 6.92 Å². The lowest BCUT2D eigenvalue weighted by Gasteiger charge is -2.15. The SMILES string of the molecule is CCn1c(SCC(=O)Nc2ccc(Cl)cc2C)nnc1[C@@H](C)Oc1ccccc1. The van der Waals surface area contributed by atoms with E-state index in [0.717, 1.165) is 22.8 Å². The maximum absolute atomic E-state index is 12.4. The average Bonchev–Trinajstić information content (AvgIpc) is 3.12. The first-order chi connectivity index (χ1) is 14.0. The Labute approximate surface area is 179 Å². The monoisotopic (exact) mass is 430 g/mol. The zero-order valence-corrected chi connectivity index (χ0v) is 18.1. The Bertz CT molecular complexity index is 978. The molecule has 1 N–H and O–H groups in total. The molecule has 1 atom stereocenters. The molecule has 29 heavy (non-hydrogen) atoms. The fraction of sp³-hybridized carbons (Fsp3) is 0.286. The van der Waals surface area contributed by atoms with Gasteiger partial charge >= 0.3 is 0 Å². The van der Waals surface area contributed by atoms with E-state index in [1.165, 1.54) is 11.8 Å². The van der Waals surface area contributed by atoms with Gasteiger partial charge in [-0.05, 0) is 56.7 Å².